The van der Waals surface area contributed by atoms with E-state index in [4.69, 9.17) is 0 Å². The molecule has 0 aliphatic heterocycles. The van der Waals surface area contributed by atoms with Crippen molar-refractivity contribution in [1.82, 2.24) is 9.97 Å². The van der Waals surface area contributed by atoms with Crippen LogP contribution in [0.1, 0.15) is 5.01 Å². The molecule has 2 nitrogen and oxygen atoms in total. The van der Waals surface area contributed by atoms with Crippen molar-refractivity contribution in [2.75, 3.05) is 0 Å². The molecule has 1 N–H and O–H groups in total. The van der Waals surface area contributed by atoms with Gasteiger partial charge in [0.25, 0.3) is 0 Å². The molecule has 2 rings (SSSR count). The van der Waals surface area contributed by atoms with Crippen molar-refractivity contribution in [2.24, 2.45) is 0 Å². The summed E-state index contributed by atoms with van der Waals surface area (Å²) in [5, 5.41) is 1.12. The van der Waals surface area contributed by atoms with Crippen molar-refractivity contribution in [2.45, 2.75) is 6.92 Å². The molecule has 0 unspecified atom stereocenters. The Bertz CT molecular complexity index is 292. The van der Waals surface area contributed by atoms with Gasteiger partial charge in [0.2, 0.25) is 0 Å². The van der Waals surface area contributed by atoms with Gasteiger partial charge in [-0.3, -0.25) is 0 Å². The second-order valence-corrected chi connectivity index (χ2v) is 3.16. The minimum atomic E-state index is 1.01. The van der Waals surface area contributed by atoms with Gasteiger partial charge in [-0.05, 0) is 13.0 Å². The second-order valence-electron chi connectivity index (χ2n) is 1.92. The number of aromatic nitrogens is 2. The summed E-state index contributed by atoms with van der Waals surface area (Å²) in [7, 11) is 0. The third kappa shape index (κ3) is 0.650. The van der Waals surface area contributed by atoms with Crippen molar-refractivity contribution >= 4 is 21.7 Å². The first-order valence-electron chi connectivity index (χ1n) is 2.77. The Hall–Kier alpha value is -0.830. The minimum Gasteiger partial charge on any atom is -0.345 e. The highest BCUT2D eigenvalue weighted by Crippen LogP contribution is 2.18. The summed E-state index contributed by atoms with van der Waals surface area (Å²) in [6, 6.07) is 2.04. The summed E-state index contributed by atoms with van der Waals surface area (Å²) in [5.74, 6) is 0. The van der Waals surface area contributed by atoms with Crippen LogP contribution in [0.3, 0.4) is 0 Å². The number of hydrogen-bond acceptors (Lipinski definition) is 2. The Labute approximate surface area is 56.5 Å². The molecule has 46 valence electrons. The van der Waals surface area contributed by atoms with E-state index in [9.17, 15) is 0 Å². The summed E-state index contributed by atoms with van der Waals surface area (Å²) in [6.07, 6.45) is 1.91. The summed E-state index contributed by atoms with van der Waals surface area (Å²) in [4.78, 5) is 7.28. The van der Waals surface area contributed by atoms with Crippen LogP contribution < -0.4 is 0 Å². The van der Waals surface area contributed by atoms with Gasteiger partial charge in [0.05, 0.1) is 9.71 Å². The quantitative estimate of drug-likeness (QED) is 0.592. The Balaban J connectivity index is 2.92. The highest BCUT2D eigenvalue weighted by atomic mass is 32.1. The fraction of sp³-hybridized carbons (Fsp3) is 0.167. The average Bonchev–Trinajstić information content (AvgIpc) is 2.22. The standard InChI is InChI=1S/C6H6N2S/c1-4-8-6-5(9-4)2-3-7-6/h2-3,7H,1H3. The summed E-state index contributed by atoms with van der Waals surface area (Å²) >= 11 is 1.72. The van der Waals surface area contributed by atoms with E-state index >= 15 is 0 Å². The van der Waals surface area contributed by atoms with Crippen LogP contribution in [0.15, 0.2) is 12.3 Å². The number of nitrogens with zero attached hydrogens (tertiary/aromatic N) is 1. The lowest BCUT2D eigenvalue weighted by Gasteiger charge is -1.70. The van der Waals surface area contributed by atoms with E-state index in [1.165, 1.54) is 4.70 Å². The zero-order chi connectivity index (χ0) is 6.27. The van der Waals surface area contributed by atoms with Crippen molar-refractivity contribution in [3.05, 3.63) is 17.3 Å². The van der Waals surface area contributed by atoms with Crippen LogP contribution in [-0.4, -0.2) is 9.97 Å². The van der Waals surface area contributed by atoms with Gasteiger partial charge in [-0.1, -0.05) is 0 Å². The average molecular weight is 138 g/mol. The normalized spacial score (nSPS) is 10.8. The molecule has 0 atom stereocenters. The molecular formula is C6H6N2S. The van der Waals surface area contributed by atoms with Gasteiger partial charge in [0.15, 0.2) is 0 Å². The van der Waals surface area contributed by atoms with Crippen LogP contribution in [0.5, 0.6) is 0 Å². The van der Waals surface area contributed by atoms with Gasteiger partial charge < -0.3 is 4.98 Å². The molecule has 0 saturated heterocycles. The van der Waals surface area contributed by atoms with Crippen molar-refractivity contribution < 1.29 is 0 Å². The van der Waals surface area contributed by atoms with E-state index in [1.807, 2.05) is 19.2 Å². The van der Waals surface area contributed by atoms with E-state index in [-0.39, 0.29) is 0 Å². The van der Waals surface area contributed by atoms with E-state index in [0.717, 1.165) is 10.7 Å². The largest absolute Gasteiger partial charge is 0.345 e. The maximum atomic E-state index is 4.24. The number of H-pyrrole nitrogens is 1. The zero-order valence-corrected chi connectivity index (χ0v) is 5.83. The Morgan fingerprint density at radius 1 is 1.67 bits per heavy atom. The first-order chi connectivity index (χ1) is 4.36. The molecule has 0 aliphatic carbocycles. The Morgan fingerprint density at radius 3 is 3.33 bits per heavy atom. The summed E-state index contributed by atoms with van der Waals surface area (Å²) in [6.45, 7) is 2.01. The predicted molar refractivity (Wildman–Crippen MR) is 38.7 cm³/mol. The number of rotatable bonds is 0. The zero-order valence-electron chi connectivity index (χ0n) is 5.01. The number of nitrogens with one attached hydrogen (secondary N) is 1. The van der Waals surface area contributed by atoms with E-state index in [2.05, 4.69) is 9.97 Å². The third-order valence-electron chi connectivity index (χ3n) is 1.22. The molecular weight excluding hydrogens is 132 g/mol. The molecule has 2 heterocycles. The molecule has 3 heteroatoms. The predicted octanol–water partition coefficient (Wildman–Crippen LogP) is 1.93. The molecule has 0 fully saturated rings. The second kappa shape index (κ2) is 1.57. The fourth-order valence-corrected chi connectivity index (χ4v) is 1.65. The number of aryl methyl sites for hydroxylation is 1. The van der Waals surface area contributed by atoms with Crippen LogP contribution in [0.2, 0.25) is 0 Å². The number of thiazole rings is 1. The molecule has 0 aromatic carbocycles. The number of fused-ring (bicyclic) bond motifs is 1. The number of hydrogen-bond donors (Lipinski definition) is 1. The highest BCUT2D eigenvalue weighted by molar-refractivity contribution is 7.18. The van der Waals surface area contributed by atoms with Gasteiger partial charge in [-0.2, -0.15) is 0 Å². The van der Waals surface area contributed by atoms with Crippen molar-refractivity contribution in [3.63, 3.8) is 0 Å². The van der Waals surface area contributed by atoms with Gasteiger partial charge in [0, 0.05) is 6.20 Å². The number of aromatic amines is 1. The summed E-state index contributed by atoms with van der Waals surface area (Å²) < 4.78 is 1.24. The van der Waals surface area contributed by atoms with Crippen LogP contribution in [0.25, 0.3) is 10.3 Å². The molecule has 2 aromatic rings. The molecule has 9 heavy (non-hydrogen) atoms. The maximum absolute atomic E-state index is 4.24. The highest BCUT2D eigenvalue weighted by Gasteiger charge is 1.97. The van der Waals surface area contributed by atoms with E-state index < -0.39 is 0 Å². The van der Waals surface area contributed by atoms with E-state index in [1.54, 1.807) is 11.3 Å². The molecule has 0 aliphatic rings. The Morgan fingerprint density at radius 2 is 2.56 bits per heavy atom. The maximum Gasteiger partial charge on any atom is 0.148 e. The smallest absolute Gasteiger partial charge is 0.148 e. The minimum absolute atomic E-state index is 1.01. The van der Waals surface area contributed by atoms with E-state index in [0.29, 0.717) is 0 Å². The third-order valence-corrected chi connectivity index (χ3v) is 2.15. The van der Waals surface area contributed by atoms with Crippen molar-refractivity contribution in [1.29, 1.82) is 0 Å². The molecule has 0 spiro atoms. The monoisotopic (exact) mass is 138 g/mol. The van der Waals surface area contributed by atoms with Crippen LogP contribution in [0, 0.1) is 6.92 Å². The van der Waals surface area contributed by atoms with Gasteiger partial charge >= 0.3 is 0 Å². The lowest BCUT2D eigenvalue weighted by Crippen LogP contribution is -1.65. The van der Waals surface area contributed by atoms with Gasteiger partial charge in [0.1, 0.15) is 5.65 Å². The fourth-order valence-electron chi connectivity index (χ4n) is 0.855. The van der Waals surface area contributed by atoms with Gasteiger partial charge in [-0.25, -0.2) is 4.98 Å². The molecule has 2 aromatic heterocycles. The molecule has 0 amide bonds. The first-order valence-corrected chi connectivity index (χ1v) is 3.58. The Kier molecular flexibility index (Phi) is 0.873. The van der Waals surface area contributed by atoms with Crippen LogP contribution in [-0.2, 0) is 0 Å². The topological polar surface area (TPSA) is 28.7 Å². The van der Waals surface area contributed by atoms with Gasteiger partial charge in [-0.15, -0.1) is 11.3 Å². The lowest BCUT2D eigenvalue weighted by molar-refractivity contribution is 1.29. The van der Waals surface area contributed by atoms with Crippen LogP contribution in [0.4, 0.5) is 0 Å². The first kappa shape index (κ1) is 4.99. The SMILES string of the molecule is Cc1nc2[nH]ccc2s1. The lowest BCUT2D eigenvalue weighted by atomic mass is 10.6. The van der Waals surface area contributed by atoms with Crippen molar-refractivity contribution in [3.8, 4) is 0 Å². The molecule has 0 radical (unpaired) electrons. The van der Waals surface area contributed by atoms with Crippen LogP contribution >= 0.6 is 11.3 Å². The molecule has 0 bridgehead atoms. The molecule has 0 saturated carbocycles. The summed E-state index contributed by atoms with van der Waals surface area (Å²) in [5.41, 5.74) is 1.01.